The highest BCUT2D eigenvalue weighted by Gasteiger charge is 2.16. The quantitative estimate of drug-likeness (QED) is 0.400. The third kappa shape index (κ3) is 5.13. The fourth-order valence-corrected chi connectivity index (χ4v) is 2.98. The average molecular weight is 358 g/mol. The van der Waals surface area contributed by atoms with E-state index in [-0.39, 0.29) is 6.04 Å². The molecule has 0 saturated heterocycles. The molecule has 0 saturated carbocycles. The SMILES string of the molecule is C#C/C(C(=C)NC)=C(/C=C(\C)c1ccccc1N)C(N)Cc1ccccc1. The first-order chi connectivity index (χ1) is 13.0. The summed E-state index contributed by atoms with van der Waals surface area (Å²) in [5.41, 5.74) is 18.8. The molecule has 27 heavy (non-hydrogen) atoms. The summed E-state index contributed by atoms with van der Waals surface area (Å²) >= 11 is 0. The lowest BCUT2D eigenvalue weighted by Gasteiger charge is -2.19. The molecule has 1 atom stereocenters. The summed E-state index contributed by atoms with van der Waals surface area (Å²) in [6, 6.07) is 17.6. The molecule has 3 heteroatoms. The zero-order valence-electron chi connectivity index (χ0n) is 16.0. The van der Waals surface area contributed by atoms with Gasteiger partial charge in [-0.15, -0.1) is 6.42 Å². The van der Waals surface area contributed by atoms with E-state index in [0.29, 0.717) is 17.7 Å². The van der Waals surface area contributed by atoms with Crippen molar-refractivity contribution in [2.75, 3.05) is 12.8 Å². The van der Waals surface area contributed by atoms with Gasteiger partial charge in [-0.05, 0) is 36.1 Å². The summed E-state index contributed by atoms with van der Waals surface area (Å²) in [5.74, 6) is 2.75. The molecule has 0 heterocycles. The maximum Gasteiger partial charge on any atom is 0.0515 e. The Labute approximate surface area is 162 Å². The molecular formula is C24H27N3. The normalized spacial score (nSPS) is 13.3. The third-order valence-electron chi connectivity index (χ3n) is 4.49. The van der Waals surface area contributed by atoms with Gasteiger partial charge in [-0.3, -0.25) is 0 Å². The molecule has 2 rings (SSSR count). The lowest BCUT2D eigenvalue weighted by molar-refractivity contribution is 0.774. The van der Waals surface area contributed by atoms with Crippen molar-refractivity contribution in [1.29, 1.82) is 0 Å². The standard InChI is InChI=1S/C24H27N3/c1-5-20(18(3)27-4)22(24(26)16-19-11-7-6-8-12-19)15-17(2)21-13-9-10-14-23(21)25/h1,6-15,24,27H,3,16,25-26H2,2,4H3/b17-15+,22-20+. The van der Waals surface area contributed by atoms with Crippen LogP contribution in [0.2, 0.25) is 0 Å². The number of benzene rings is 2. The Bertz CT molecular complexity index is 899. The predicted molar refractivity (Wildman–Crippen MR) is 117 cm³/mol. The van der Waals surface area contributed by atoms with Crippen LogP contribution in [0.5, 0.6) is 0 Å². The second kappa shape index (κ2) is 9.47. The van der Waals surface area contributed by atoms with Gasteiger partial charge in [0.1, 0.15) is 0 Å². The Kier molecular flexibility index (Phi) is 7.05. The van der Waals surface area contributed by atoms with Gasteiger partial charge in [-0.1, -0.05) is 67.1 Å². The fraction of sp³-hybridized carbons (Fsp3) is 0.167. The zero-order chi connectivity index (χ0) is 19.8. The Morgan fingerprint density at radius 3 is 2.41 bits per heavy atom. The van der Waals surface area contributed by atoms with Crippen molar-refractivity contribution in [1.82, 2.24) is 5.32 Å². The highest BCUT2D eigenvalue weighted by atomic mass is 14.8. The highest BCUT2D eigenvalue weighted by Crippen LogP contribution is 2.26. The van der Waals surface area contributed by atoms with Gasteiger partial charge in [0.25, 0.3) is 0 Å². The second-order valence-electron chi connectivity index (χ2n) is 6.41. The third-order valence-corrected chi connectivity index (χ3v) is 4.49. The van der Waals surface area contributed by atoms with E-state index in [4.69, 9.17) is 17.9 Å². The number of para-hydroxylation sites is 1. The summed E-state index contributed by atoms with van der Waals surface area (Å²) < 4.78 is 0. The van der Waals surface area contributed by atoms with E-state index in [1.54, 1.807) is 7.05 Å². The molecule has 0 radical (unpaired) electrons. The summed E-state index contributed by atoms with van der Waals surface area (Å²) in [7, 11) is 1.80. The van der Waals surface area contributed by atoms with E-state index in [9.17, 15) is 0 Å². The number of nitrogen functional groups attached to an aromatic ring is 1. The number of terminal acetylenes is 1. The van der Waals surface area contributed by atoms with E-state index in [2.05, 4.69) is 29.9 Å². The van der Waals surface area contributed by atoms with Crippen molar-refractivity contribution in [3.63, 3.8) is 0 Å². The van der Waals surface area contributed by atoms with Gasteiger partial charge in [-0.2, -0.15) is 0 Å². The second-order valence-corrected chi connectivity index (χ2v) is 6.41. The summed E-state index contributed by atoms with van der Waals surface area (Å²) in [6.07, 6.45) is 8.51. The molecule has 0 aromatic heterocycles. The van der Waals surface area contributed by atoms with Gasteiger partial charge in [0, 0.05) is 30.0 Å². The minimum Gasteiger partial charge on any atom is -0.398 e. The van der Waals surface area contributed by atoms with E-state index in [1.807, 2.05) is 55.5 Å². The van der Waals surface area contributed by atoms with Crippen LogP contribution in [-0.2, 0) is 6.42 Å². The molecule has 138 valence electrons. The molecule has 5 N–H and O–H groups in total. The summed E-state index contributed by atoms with van der Waals surface area (Å²) in [6.45, 7) is 6.04. The number of hydrogen-bond acceptors (Lipinski definition) is 3. The molecule has 0 aliphatic rings. The van der Waals surface area contributed by atoms with Crippen LogP contribution in [0, 0.1) is 12.3 Å². The maximum absolute atomic E-state index is 6.59. The van der Waals surface area contributed by atoms with Crippen LogP contribution in [0.4, 0.5) is 5.69 Å². The van der Waals surface area contributed by atoms with E-state index in [0.717, 1.165) is 28.0 Å². The van der Waals surface area contributed by atoms with Gasteiger partial charge in [0.15, 0.2) is 0 Å². The van der Waals surface area contributed by atoms with Crippen molar-refractivity contribution in [2.24, 2.45) is 5.73 Å². The molecule has 2 aromatic rings. The Morgan fingerprint density at radius 1 is 1.19 bits per heavy atom. The fourth-order valence-electron chi connectivity index (χ4n) is 2.98. The number of nitrogens with one attached hydrogen (secondary N) is 1. The number of likely N-dealkylation sites (N-methyl/N-ethyl adjacent to an activating group) is 1. The predicted octanol–water partition coefficient (Wildman–Crippen LogP) is 3.91. The molecule has 3 nitrogen and oxygen atoms in total. The van der Waals surface area contributed by atoms with Crippen LogP contribution < -0.4 is 16.8 Å². The van der Waals surface area contributed by atoms with Crippen molar-refractivity contribution in [3.8, 4) is 12.3 Å². The smallest absolute Gasteiger partial charge is 0.0515 e. The Morgan fingerprint density at radius 2 is 1.81 bits per heavy atom. The van der Waals surface area contributed by atoms with Gasteiger partial charge < -0.3 is 16.8 Å². The van der Waals surface area contributed by atoms with Crippen LogP contribution in [0.3, 0.4) is 0 Å². The highest BCUT2D eigenvalue weighted by molar-refractivity contribution is 5.76. The van der Waals surface area contributed by atoms with E-state index >= 15 is 0 Å². The first kappa shape index (κ1) is 20.1. The molecule has 2 aromatic carbocycles. The molecule has 0 spiro atoms. The number of nitrogens with two attached hydrogens (primary N) is 2. The number of allylic oxidation sites excluding steroid dienone is 2. The topological polar surface area (TPSA) is 64.1 Å². The first-order valence-electron chi connectivity index (χ1n) is 8.88. The average Bonchev–Trinajstić information content (AvgIpc) is 2.68. The largest absolute Gasteiger partial charge is 0.398 e. The van der Waals surface area contributed by atoms with Crippen molar-refractivity contribution < 1.29 is 0 Å². The monoisotopic (exact) mass is 357 g/mol. The number of rotatable bonds is 7. The number of anilines is 1. The van der Waals surface area contributed by atoms with E-state index < -0.39 is 0 Å². The van der Waals surface area contributed by atoms with Gasteiger partial charge in [0.05, 0.1) is 5.57 Å². The lowest BCUT2D eigenvalue weighted by atomic mass is 9.91. The van der Waals surface area contributed by atoms with E-state index in [1.165, 1.54) is 0 Å². The minimum atomic E-state index is -0.275. The molecular weight excluding hydrogens is 330 g/mol. The van der Waals surface area contributed by atoms with Gasteiger partial charge >= 0.3 is 0 Å². The Hall–Kier alpha value is -3.22. The van der Waals surface area contributed by atoms with Gasteiger partial charge in [-0.25, -0.2) is 0 Å². The van der Waals surface area contributed by atoms with Gasteiger partial charge in [0.2, 0.25) is 0 Å². The van der Waals surface area contributed by atoms with Crippen LogP contribution in [0.1, 0.15) is 18.1 Å². The molecule has 0 fully saturated rings. The maximum atomic E-state index is 6.59. The van der Waals surface area contributed by atoms with Crippen molar-refractivity contribution in [2.45, 2.75) is 19.4 Å². The Balaban J connectivity index is 2.52. The molecule has 0 amide bonds. The lowest BCUT2D eigenvalue weighted by Crippen LogP contribution is -2.27. The number of hydrogen-bond donors (Lipinski definition) is 3. The molecule has 1 unspecified atom stereocenters. The molecule has 0 bridgehead atoms. The zero-order valence-corrected chi connectivity index (χ0v) is 16.0. The summed E-state index contributed by atoms with van der Waals surface area (Å²) in [4.78, 5) is 0. The molecule has 0 aliphatic carbocycles. The summed E-state index contributed by atoms with van der Waals surface area (Å²) in [5, 5.41) is 3.04. The first-order valence-corrected chi connectivity index (χ1v) is 8.88. The van der Waals surface area contributed by atoms with Crippen LogP contribution in [0.25, 0.3) is 5.57 Å². The van der Waals surface area contributed by atoms with Crippen LogP contribution in [0.15, 0.2) is 84.1 Å². The van der Waals surface area contributed by atoms with Crippen LogP contribution in [-0.4, -0.2) is 13.1 Å². The molecule has 0 aliphatic heterocycles. The van der Waals surface area contributed by atoms with Crippen LogP contribution >= 0.6 is 0 Å². The minimum absolute atomic E-state index is 0.275. The van der Waals surface area contributed by atoms with Crippen molar-refractivity contribution >= 4 is 11.3 Å². The van der Waals surface area contributed by atoms with Crippen molar-refractivity contribution in [3.05, 3.63) is 95.2 Å².